The van der Waals surface area contributed by atoms with Crippen LogP contribution in [-0.4, -0.2) is 63.5 Å². The summed E-state index contributed by atoms with van der Waals surface area (Å²) in [7, 11) is -10.9. The van der Waals surface area contributed by atoms with Gasteiger partial charge in [-0.05, 0) is 121 Å². The third-order valence-electron chi connectivity index (χ3n) is 11.2. The number of alkyl halides is 6. The van der Waals surface area contributed by atoms with Gasteiger partial charge in [0.05, 0.1) is 31.1 Å². The summed E-state index contributed by atoms with van der Waals surface area (Å²) in [4.78, 5) is -2.09. The average molecular weight is 995 g/mol. The minimum absolute atomic E-state index is 0.0947. The van der Waals surface area contributed by atoms with Gasteiger partial charge in [0.15, 0.2) is 0 Å². The van der Waals surface area contributed by atoms with Gasteiger partial charge in [0.1, 0.15) is 56.0 Å². The first-order valence-electron chi connectivity index (χ1n) is 19.4. The number of sulfone groups is 1. The molecule has 12 nitrogen and oxygen atoms in total. The first kappa shape index (κ1) is 50.3. The maximum absolute atomic E-state index is 14.7. The van der Waals surface area contributed by atoms with E-state index in [1.807, 2.05) is 0 Å². The Morgan fingerprint density at radius 1 is 0.478 bits per heavy atom. The van der Waals surface area contributed by atoms with Crippen LogP contribution in [0.2, 0.25) is 0 Å². The molecule has 0 saturated carbocycles. The van der Waals surface area contributed by atoms with E-state index < -0.39 is 85.0 Å². The van der Waals surface area contributed by atoms with Crippen LogP contribution in [0.1, 0.15) is 41.7 Å². The molecule has 6 rings (SSSR count). The molecule has 1 N–H and O–H groups in total. The average Bonchev–Trinajstić information content (AvgIpc) is 3.28. The Balaban J connectivity index is 1.31. The molecule has 0 saturated heterocycles. The fraction of sp³-hybridized carbons (Fsp3) is 0.217. The van der Waals surface area contributed by atoms with Crippen molar-refractivity contribution >= 4 is 30.1 Å². The summed E-state index contributed by atoms with van der Waals surface area (Å²) in [5, 5.41) is 0. The third kappa shape index (κ3) is 10.2. The monoisotopic (exact) mass is 994 g/mol. The van der Waals surface area contributed by atoms with Crippen molar-refractivity contribution in [3.05, 3.63) is 161 Å². The second-order valence-corrected chi connectivity index (χ2v) is 20.3. The zero-order valence-corrected chi connectivity index (χ0v) is 38.3. The molecular weight excluding hydrogens is 955 g/mol. The lowest BCUT2D eigenvalue weighted by Gasteiger charge is -2.33. The minimum Gasteiger partial charge on any atom is -0.497 e. The summed E-state index contributed by atoms with van der Waals surface area (Å²) in [5.41, 5.74) is -5.98. The Hall–Kier alpha value is -6.13. The highest BCUT2D eigenvalue weighted by Gasteiger charge is 2.54. The van der Waals surface area contributed by atoms with Gasteiger partial charge in [0.25, 0.3) is 20.2 Å². The van der Waals surface area contributed by atoms with Crippen LogP contribution in [0.4, 0.5) is 26.3 Å². The lowest BCUT2D eigenvalue weighted by Crippen LogP contribution is -2.40. The molecule has 0 fully saturated rings. The highest BCUT2D eigenvalue weighted by atomic mass is 32.2. The number of ether oxygens (including phenoxy) is 4. The van der Waals surface area contributed by atoms with Crippen LogP contribution in [-0.2, 0) is 50.8 Å². The predicted molar refractivity (Wildman–Crippen MR) is 232 cm³/mol. The predicted octanol–water partition coefficient (Wildman–Crippen LogP) is 10.6. The Bertz CT molecular complexity index is 3090. The van der Waals surface area contributed by atoms with E-state index in [0.29, 0.717) is 17.6 Å². The molecule has 6 aromatic rings. The summed E-state index contributed by atoms with van der Waals surface area (Å²) >= 11 is 0. The molecule has 2 atom stereocenters. The van der Waals surface area contributed by atoms with Gasteiger partial charge in [-0.15, -0.1) is 0 Å². The van der Waals surface area contributed by atoms with Crippen LogP contribution in [0.15, 0.2) is 148 Å². The SMILES string of the molecule is COc1ccc(C(C)(c2ccc(Oc3ccc(S(=O)(=O)c4ccc(Oc5ccc(C(C)(c6ccc(OC)cc6)C(F)(F)F)cc5)c(S(=O)(=O)OC)c4)cc3CS(=O)(=O)O)cc2)C(F)(F)F)cc1. The number of hydrogen-bond acceptors (Lipinski definition) is 11. The molecule has 0 aliphatic rings. The number of rotatable bonds is 16. The Morgan fingerprint density at radius 3 is 1.16 bits per heavy atom. The van der Waals surface area contributed by atoms with E-state index in [1.165, 1.54) is 74.9 Å². The first-order chi connectivity index (χ1) is 31.2. The zero-order chi connectivity index (χ0) is 49.4. The van der Waals surface area contributed by atoms with Gasteiger partial charge >= 0.3 is 12.4 Å². The quantitative estimate of drug-likeness (QED) is 0.0554. The summed E-state index contributed by atoms with van der Waals surface area (Å²) in [6, 6.07) is 25.4. The summed E-state index contributed by atoms with van der Waals surface area (Å²) < 4.78 is 203. The van der Waals surface area contributed by atoms with E-state index in [2.05, 4.69) is 4.18 Å². The van der Waals surface area contributed by atoms with Gasteiger partial charge in [-0.2, -0.15) is 43.2 Å². The van der Waals surface area contributed by atoms with Gasteiger partial charge in [-0.3, -0.25) is 8.74 Å². The highest BCUT2D eigenvalue weighted by Crippen LogP contribution is 2.48. The molecule has 0 aliphatic carbocycles. The Labute approximate surface area is 382 Å². The number of benzene rings is 6. The molecule has 0 aromatic heterocycles. The lowest BCUT2D eigenvalue weighted by atomic mass is 9.75. The second-order valence-electron chi connectivity index (χ2n) is 15.2. The van der Waals surface area contributed by atoms with Crippen molar-refractivity contribution in [2.75, 3.05) is 21.3 Å². The standard InChI is InChI=1S/C46H40F6O12S3/c1-43(45(47,48)49,30-6-14-34(60-3)15-7-30)32-10-18-36(19-11-32)63-40-24-22-38(26-29(40)28-65(53,54)55)66(56,57)39-23-25-41(42(27-39)67(58,59)62-5)64-37-20-12-33(13-21-37)44(2,46(50,51)52)31-8-16-35(61-4)17-9-31/h6-27H,28H2,1-5H3,(H,53,54,55). The molecule has 21 heteroatoms. The third-order valence-corrected chi connectivity index (χ3v) is 14.9. The van der Waals surface area contributed by atoms with Crippen molar-refractivity contribution in [2.45, 2.75) is 57.5 Å². The van der Waals surface area contributed by atoms with Crippen molar-refractivity contribution in [1.82, 2.24) is 0 Å². The molecule has 0 aliphatic heterocycles. The molecule has 0 spiro atoms. The normalized spacial score (nSPS) is 14.4. The van der Waals surface area contributed by atoms with Crippen LogP contribution < -0.4 is 18.9 Å². The van der Waals surface area contributed by atoms with E-state index >= 15 is 0 Å². The van der Waals surface area contributed by atoms with Crippen molar-refractivity contribution in [2.24, 2.45) is 0 Å². The largest absolute Gasteiger partial charge is 0.497 e. The molecule has 67 heavy (non-hydrogen) atoms. The van der Waals surface area contributed by atoms with Crippen LogP contribution in [0.3, 0.4) is 0 Å². The molecule has 2 unspecified atom stereocenters. The fourth-order valence-electron chi connectivity index (χ4n) is 7.10. The molecule has 0 radical (unpaired) electrons. The van der Waals surface area contributed by atoms with Gasteiger partial charge in [0, 0.05) is 5.56 Å². The van der Waals surface area contributed by atoms with Crippen LogP contribution >= 0.6 is 0 Å². The minimum atomic E-state index is -4.88. The Kier molecular flexibility index (Phi) is 13.9. The highest BCUT2D eigenvalue weighted by molar-refractivity contribution is 7.91. The van der Waals surface area contributed by atoms with E-state index in [9.17, 15) is 56.1 Å². The molecular formula is C46H40F6O12S3. The number of methoxy groups -OCH3 is 2. The number of halogens is 6. The van der Waals surface area contributed by atoms with Crippen molar-refractivity contribution < 1.29 is 79.3 Å². The van der Waals surface area contributed by atoms with Crippen molar-refractivity contribution in [3.8, 4) is 34.5 Å². The fourth-order valence-corrected chi connectivity index (χ4v) is 9.93. The molecule has 0 amide bonds. The molecule has 6 aromatic carbocycles. The zero-order valence-electron chi connectivity index (χ0n) is 35.8. The van der Waals surface area contributed by atoms with E-state index in [4.69, 9.17) is 18.9 Å². The molecule has 0 bridgehead atoms. The van der Waals surface area contributed by atoms with E-state index in [1.54, 1.807) is 0 Å². The van der Waals surface area contributed by atoms with Crippen molar-refractivity contribution in [1.29, 1.82) is 0 Å². The summed E-state index contributed by atoms with van der Waals surface area (Å²) in [6.45, 7) is 1.98. The lowest BCUT2D eigenvalue weighted by molar-refractivity contribution is -0.173. The summed E-state index contributed by atoms with van der Waals surface area (Å²) in [5.74, 6) is -1.53. The maximum Gasteiger partial charge on any atom is 0.402 e. The van der Waals surface area contributed by atoms with Gasteiger partial charge in [-0.25, -0.2) is 8.42 Å². The Morgan fingerprint density at radius 2 is 0.821 bits per heavy atom. The molecule has 356 valence electrons. The second kappa shape index (κ2) is 18.5. The number of hydrogen-bond donors (Lipinski definition) is 1. The van der Waals surface area contributed by atoms with Gasteiger partial charge in [0.2, 0.25) is 9.84 Å². The van der Waals surface area contributed by atoms with Gasteiger partial charge in [-0.1, -0.05) is 48.5 Å². The first-order valence-corrected chi connectivity index (χ1v) is 23.9. The van der Waals surface area contributed by atoms with Crippen LogP contribution in [0.5, 0.6) is 34.5 Å². The van der Waals surface area contributed by atoms with Crippen LogP contribution in [0.25, 0.3) is 0 Å². The summed E-state index contributed by atoms with van der Waals surface area (Å²) in [6.07, 6.45) is -9.55. The molecule has 0 heterocycles. The van der Waals surface area contributed by atoms with E-state index in [0.717, 1.165) is 87.7 Å². The smallest absolute Gasteiger partial charge is 0.402 e. The maximum atomic E-state index is 14.7. The topological polar surface area (TPSA) is 169 Å². The van der Waals surface area contributed by atoms with E-state index in [-0.39, 0.29) is 39.5 Å². The van der Waals surface area contributed by atoms with Crippen molar-refractivity contribution in [3.63, 3.8) is 0 Å². The van der Waals surface area contributed by atoms with Crippen LogP contribution in [0, 0.1) is 0 Å². The van der Waals surface area contributed by atoms with Gasteiger partial charge < -0.3 is 18.9 Å².